The first-order valence-electron chi connectivity index (χ1n) is 3.76. The maximum Gasteiger partial charge on any atom is -0.00234 e. The number of hydrogen-bond acceptors (Lipinski definition) is 0. The van der Waals surface area contributed by atoms with Crippen LogP contribution in [0.25, 0.3) is 0 Å². The SMILES string of the molecule is CC#C/C(C)=C/CC(C)C. The van der Waals surface area contributed by atoms with Crippen LogP contribution in [0, 0.1) is 17.8 Å². The third kappa shape index (κ3) is 5.44. The van der Waals surface area contributed by atoms with Gasteiger partial charge in [0.05, 0.1) is 0 Å². The fraction of sp³-hybridized carbons (Fsp3) is 0.600. The molecule has 0 rings (SSSR count). The minimum Gasteiger partial charge on any atom is -0.102 e. The Morgan fingerprint density at radius 2 is 2.10 bits per heavy atom. The zero-order chi connectivity index (χ0) is 7.98. The van der Waals surface area contributed by atoms with Crippen molar-refractivity contribution in [3.63, 3.8) is 0 Å². The monoisotopic (exact) mass is 136 g/mol. The van der Waals surface area contributed by atoms with Gasteiger partial charge in [-0.15, -0.1) is 5.92 Å². The molecule has 0 unspecified atom stereocenters. The highest BCUT2D eigenvalue weighted by Gasteiger charge is 1.88. The molecule has 0 fully saturated rings. The van der Waals surface area contributed by atoms with E-state index in [2.05, 4.69) is 38.7 Å². The smallest absolute Gasteiger partial charge is 0.00234 e. The third-order valence-electron chi connectivity index (χ3n) is 1.22. The molecule has 0 spiro atoms. The summed E-state index contributed by atoms with van der Waals surface area (Å²) in [7, 11) is 0. The van der Waals surface area contributed by atoms with Crippen molar-refractivity contribution >= 4 is 0 Å². The van der Waals surface area contributed by atoms with Crippen LogP contribution in [0.5, 0.6) is 0 Å². The second-order valence-electron chi connectivity index (χ2n) is 2.89. The maximum atomic E-state index is 3.01. The van der Waals surface area contributed by atoms with Crippen molar-refractivity contribution in [3.8, 4) is 11.8 Å². The average molecular weight is 136 g/mol. The van der Waals surface area contributed by atoms with Crippen LogP contribution in [0.4, 0.5) is 0 Å². The number of allylic oxidation sites excluding steroid dienone is 2. The van der Waals surface area contributed by atoms with Crippen molar-refractivity contribution in [2.45, 2.75) is 34.1 Å². The molecule has 0 bridgehead atoms. The molecular weight excluding hydrogens is 120 g/mol. The van der Waals surface area contributed by atoms with Crippen LogP contribution in [0.3, 0.4) is 0 Å². The summed E-state index contributed by atoms with van der Waals surface area (Å²) in [6, 6.07) is 0. The first-order valence-corrected chi connectivity index (χ1v) is 3.76. The van der Waals surface area contributed by atoms with Crippen molar-refractivity contribution in [2.75, 3.05) is 0 Å². The van der Waals surface area contributed by atoms with Gasteiger partial charge in [-0.25, -0.2) is 0 Å². The zero-order valence-corrected chi connectivity index (χ0v) is 7.36. The summed E-state index contributed by atoms with van der Waals surface area (Å²) in [6.45, 7) is 8.35. The molecule has 0 aliphatic heterocycles. The lowest BCUT2D eigenvalue weighted by atomic mass is 10.1. The molecule has 56 valence electrons. The quantitative estimate of drug-likeness (QED) is 0.512. The third-order valence-corrected chi connectivity index (χ3v) is 1.22. The molecular formula is C10H16. The average Bonchev–Trinajstić information content (AvgIpc) is 1.85. The van der Waals surface area contributed by atoms with Gasteiger partial charge >= 0.3 is 0 Å². The van der Waals surface area contributed by atoms with E-state index in [0.717, 1.165) is 12.3 Å². The molecule has 0 heterocycles. The van der Waals surface area contributed by atoms with Gasteiger partial charge in [-0.2, -0.15) is 0 Å². The lowest BCUT2D eigenvalue weighted by molar-refractivity contribution is 0.662. The molecule has 0 aliphatic carbocycles. The first-order chi connectivity index (χ1) is 4.66. The van der Waals surface area contributed by atoms with E-state index in [1.807, 2.05) is 6.92 Å². The van der Waals surface area contributed by atoms with Gasteiger partial charge in [0.1, 0.15) is 0 Å². The van der Waals surface area contributed by atoms with E-state index in [1.165, 1.54) is 5.57 Å². The lowest BCUT2D eigenvalue weighted by Crippen LogP contribution is -1.82. The van der Waals surface area contributed by atoms with Crippen LogP contribution in [-0.4, -0.2) is 0 Å². The summed E-state index contributed by atoms with van der Waals surface area (Å²) >= 11 is 0. The highest BCUT2D eigenvalue weighted by atomic mass is 13.9. The molecule has 0 saturated heterocycles. The van der Waals surface area contributed by atoms with E-state index in [0.29, 0.717) is 0 Å². The molecule has 0 aromatic rings. The van der Waals surface area contributed by atoms with Crippen LogP contribution in [-0.2, 0) is 0 Å². The Hall–Kier alpha value is -0.700. The largest absolute Gasteiger partial charge is 0.102 e. The van der Waals surface area contributed by atoms with Gasteiger partial charge in [-0.05, 0) is 31.8 Å². The molecule has 0 aromatic heterocycles. The fourth-order valence-electron chi connectivity index (χ4n) is 0.661. The van der Waals surface area contributed by atoms with Crippen LogP contribution in [0.2, 0.25) is 0 Å². The van der Waals surface area contributed by atoms with Crippen molar-refractivity contribution < 1.29 is 0 Å². The maximum absolute atomic E-state index is 3.01. The van der Waals surface area contributed by atoms with Crippen molar-refractivity contribution in [3.05, 3.63) is 11.6 Å². The predicted octanol–water partition coefficient (Wildman–Crippen LogP) is 3.00. The van der Waals surface area contributed by atoms with Crippen LogP contribution in [0.15, 0.2) is 11.6 Å². The Labute approximate surface area is 64.3 Å². The number of rotatable bonds is 2. The summed E-state index contributed by atoms with van der Waals surface area (Å²) in [4.78, 5) is 0. The van der Waals surface area contributed by atoms with Crippen molar-refractivity contribution in [1.29, 1.82) is 0 Å². The minimum atomic E-state index is 0.744. The summed E-state index contributed by atoms with van der Waals surface area (Å²) in [5.41, 5.74) is 1.19. The van der Waals surface area contributed by atoms with Gasteiger partial charge in [0, 0.05) is 0 Å². The molecule has 0 nitrogen and oxygen atoms in total. The van der Waals surface area contributed by atoms with E-state index in [4.69, 9.17) is 0 Å². The minimum absolute atomic E-state index is 0.744. The standard InChI is InChI=1S/C10H16/c1-5-6-10(4)8-7-9(2)3/h8-9H,7H2,1-4H3/b10-8+. The van der Waals surface area contributed by atoms with E-state index >= 15 is 0 Å². The topological polar surface area (TPSA) is 0 Å². The molecule has 0 aromatic carbocycles. The van der Waals surface area contributed by atoms with Gasteiger partial charge in [0.2, 0.25) is 0 Å². The zero-order valence-electron chi connectivity index (χ0n) is 7.36. The predicted molar refractivity (Wildman–Crippen MR) is 46.7 cm³/mol. The molecule has 0 heteroatoms. The molecule has 0 amide bonds. The summed E-state index contributed by atoms with van der Waals surface area (Å²) < 4.78 is 0. The van der Waals surface area contributed by atoms with E-state index in [9.17, 15) is 0 Å². The molecule has 0 atom stereocenters. The Morgan fingerprint density at radius 1 is 1.50 bits per heavy atom. The van der Waals surface area contributed by atoms with E-state index in [-0.39, 0.29) is 0 Å². The van der Waals surface area contributed by atoms with Crippen LogP contribution < -0.4 is 0 Å². The van der Waals surface area contributed by atoms with Gasteiger partial charge in [0.25, 0.3) is 0 Å². The second-order valence-corrected chi connectivity index (χ2v) is 2.89. The fourth-order valence-corrected chi connectivity index (χ4v) is 0.661. The van der Waals surface area contributed by atoms with Gasteiger partial charge in [-0.1, -0.05) is 25.8 Å². The van der Waals surface area contributed by atoms with Crippen LogP contribution in [0.1, 0.15) is 34.1 Å². The highest BCUT2D eigenvalue weighted by molar-refractivity contribution is 5.25. The Morgan fingerprint density at radius 3 is 2.50 bits per heavy atom. The van der Waals surface area contributed by atoms with E-state index in [1.54, 1.807) is 0 Å². The van der Waals surface area contributed by atoms with Gasteiger partial charge in [0.15, 0.2) is 0 Å². The summed E-state index contributed by atoms with van der Waals surface area (Å²) in [5, 5.41) is 0. The van der Waals surface area contributed by atoms with Crippen molar-refractivity contribution in [2.24, 2.45) is 5.92 Å². The van der Waals surface area contributed by atoms with Crippen LogP contribution >= 0.6 is 0 Å². The molecule has 0 radical (unpaired) electrons. The molecule has 0 aliphatic rings. The van der Waals surface area contributed by atoms with Gasteiger partial charge < -0.3 is 0 Å². The highest BCUT2D eigenvalue weighted by Crippen LogP contribution is 2.02. The lowest BCUT2D eigenvalue weighted by Gasteiger charge is -1.96. The Balaban J connectivity index is 3.76. The first kappa shape index (κ1) is 9.30. The molecule has 0 saturated carbocycles. The Kier molecular flexibility index (Phi) is 4.76. The number of hydrogen-bond donors (Lipinski definition) is 0. The normalized spacial score (nSPS) is 11.1. The Bertz CT molecular complexity index is 162. The molecule has 10 heavy (non-hydrogen) atoms. The van der Waals surface area contributed by atoms with E-state index < -0.39 is 0 Å². The van der Waals surface area contributed by atoms with Gasteiger partial charge in [-0.3, -0.25) is 0 Å². The molecule has 0 N–H and O–H groups in total. The summed E-state index contributed by atoms with van der Waals surface area (Å²) in [6.07, 6.45) is 3.34. The second kappa shape index (κ2) is 5.11. The summed E-state index contributed by atoms with van der Waals surface area (Å²) in [5.74, 6) is 6.63. The van der Waals surface area contributed by atoms with Crippen molar-refractivity contribution in [1.82, 2.24) is 0 Å².